The van der Waals surface area contributed by atoms with E-state index in [1.54, 1.807) is 0 Å². The van der Waals surface area contributed by atoms with Gasteiger partial charge in [0.15, 0.2) is 0 Å². The lowest BCUT2D eigenvalue weighted by Crippen LogP contribution is -2.49. The number of piperazine rings is 1. The monoisotopic (exact) mass is 208 g/mol. The van der Waals surface area contributed by atoms with Gasteiger partial charge in [0.25, 0.3) is 0 Å². The molecule has 0 radical (unpaired) electrons. The molecule has 0 amide bonds. The van der Waals surface area contributed by atoms with Crippen molar-refractivity contribution in [3.63, 3.8) is 0 Å². The summed E-state index contributed by atoms with van der Waals surface area (Å²) in [6.07, 6.45) is 2.20. The Bertz CT molecular complexity index is 308. The molecule has 2 rings (SSSR count). The molecule has 0 spiro atoms. The molecule has 0 saturated carbocycles. The minimum Gasteiger partial charge on any atom is -0.466 e. The average Bonchev–Trinajstić information content (AvgIpc) is 2.62. The zero-order chi connectivity index (χ0) is 10.7. The lowest BCUT2D eigenvalue weighted by Gasteiger charge is -2.30. The Morgan fingerprint density at radius 2 is 2.40 bits per heavy atom. The predicted octanol–water partition coefficient (Wildman–Crippen LogP) is 1.42. The summed E-state index contributed by atoms with van der Waals surface area (Å²) in [6, 6.07) is 4.74. The first-order valence-electron chi connectivity index (χ1n) is 5.71. The number of aryl methyl sites for hydroxylation is 2. The number of nitrogens with zero attached hydrogens (tertiary/aromatic N) is 1. The summed E-state index contributed by atoms with van der Waals surface area (Å²) in [5, 5.41) is 3.54. The van der Waals surface area contributed by atoms with Crippen molar-refractivity contribution in [2.75, 3.05) is 26.7 Å². The van der Waals surface area contributed by atoms with Crippen LogP contribution < -0.4 is 5.32 Å². The van der Waals surface area contributed by atoms with E-state index in [2.05, 4.69) is 23.3 Å². The molecule has 3 nitrogen and oxygen atoms in total. The van der Waals surface area contributed by atoms with Gasteiger partial charge in [-0.2, -0.15) is 0 Å². The Kier molecular flexibility index (Phi) is 3.44. The Balaban J connectivity index is 1.77. The third kappa shape index (κ3) is 3.08. The standard InChI is InChI=1S/C12H20N2O/c1-10-3-5-12(15-10)6-4-11-9-14(2)8-7-13-11/h3,5,11,13H,4,6-9H2,1-2H3. The highest BCUT2D eigenvalue weighted by Crippen LogP contribution is 2.11. The Morgan fingerprint density at radius 1 is 1.53 bits per heavy atom. The van der Waals surface area contributed by atoms with Crippen LogP contribution in [-0.2, 0) is 6.42 Å². The van der Waals surface area contributed by atoms with Crippen LogP contribution in [0.4, 0.5) is 0 Å². The first kappa shape index (κ1) is 10.7. The molecule has 1 aromatic rings. The first-order valence-corrected chi connectivity index (χ1v) is 5.71. The molecule has 0 bridgehead atoms. The van der Waals surface area contributed by atoms with Crippen molar-refractivity contribution in [3.05, 3.63) is 23.7 Å². The van der Waals surface area contributed by atoms with E-state index in [0.717, 1.165) is 44.0 Å². The maximum absolute atomic E-state index is 5.56. The summed E-state index contributed by atoms with van der Waals surface area (Å²) < 4.78 is 5.56. The van der Waals surface area contributed by atoms with Crippen LogP contribution in [0.1, 0.15) is 17.9 Å². The van der Waals surface area contributed by atoms with Crippen molar-refractivity contribution in [1.29, 1.82) is 0 Å². The first-order chi connectivity index (χ1) is 7.24. The summed E-state index contributed by atoms with van der Waals surface area (Å²) in [7, 11) is 2.19. The normalized spacial score (nSPS) is 23.2. The molecule has 1 atom stereocenters. The SMILES string of the molecule is Cc1ccc(CCC2CN(C)CCN2)o1. The molecule has 1 aliphatic rings. The van der Waals surface area contributed by atoms with Gasteiger partial charge in [-0.1, -0.05) is 0 Å². The highest BCUT2D eigenvalue weighted by molar-refractivity contribution is 5.05. The van der Waals surface area contributed by atoms with Crippen LogP contribution in [0, 0.1) is 6.92 Å². The van der Waals surface area contributed by atoms with Gasteiger partial charge in [-0.25, -0.2) is 0 Å². The van der Waals surface area contributed by atoms with Gasteiger partial charge < -0.3 is 14.6 Å². The van der Waals surface area contributed by atoms with Gasteiger partial charge >= 0.3 is 0 Å². The highest BCUT2D eigenvalue weighted by Gasteiger charge is 2.16. The van der Waals surface area contributed by atoms with Crippen molar-refractivity contribution in [3.8, 4) is 0 Å². The summed E-state index contributed by atoms with van der Waals surface area (Å²) in [4.78, 5) is 2.38. The van der Waals surface area contributed by atoms with Crippen molar-refractivity contribution in [2.45, 2.75) is 25.8 Å². The minimum atomic E-state index is 0.620. The van der Waals surface area contributed by atoms with Crippen LogP contribution in [0.15, 0.2) is 16.5 Å². The van der Waals surface area contributed by atoms with Gasteiger partial charge in [0.2, 0.25) is 0 Å². The largest absolute Gasteiger partial charge is 0.466 e. The van der Waals surface area contributed by atoms with Crippen molar-refractivity contribution in [1.82, 2.24) is 10.2 Å². The summed E-state index contributed by atoms with van der Waals surface area (Å²) in [5.74, 6) is 2.13. The van der Waals surface area contributed by atoms with E-state index < -0.39 is 0 Å². The van der Waals surface area contributed by atoms with Crippen LogP contribution >= 0.6 is 0 Å². The van der Waals surface area contributed by atoms with Gasteiger partial charge in [0.1, 0.15) is 11.5 Å². The van der Waals surface area contributed by atoms with Gasteiger partial charge in [-0.05, 0) is 32.5 Å². The molecule has 1 aliphatic heterocycles. The fraction of sp³-hybridized carbons (Fsp3) is 0.667. The predicted molar refractivity (Wildman–Crippen MR) is 61.1 cm³/mol. The highest BCUT2D eigenvalue weighted by atomic mass is 16.3. The van der Waals surface area contributed by atoms with Gasteiger partial charge in [-0.15, -0.1) is 0 Å². The second-order valence-corrected chi connectivity index (χ2v) is 4.46. The molecule has 0 aliphatic carbocycles. The Hall–Kier alpha value is -0.800. The van der Waals surface area contributed by atoms with Crippen LogP contribution in [0.5, 0.6) is 0 Å². The Labute approximate surface area is 91.4 Å². The molecule has 84 valence electrons. The number of furan rings is 1. The number of nitrogens with one attached hydrogen (secondary N) is 1. The van der Waals surface area contributed by atoms with E-state index >= 15 is 0 Å². The quantitative estimate of drug-likeness (QED) is 0.814. The lowest BCUT2D eigenvalue weighted by atomic mass is 10.1. The molecule has 3 heteroatoms. The molecule has 15 heavy (non-hydrogen) atoms. The van der Waals surface area contributed by atoms with Gasteiger partial charge in [0, 0.05) is 32.1 Å². The zero-order valence-corrected chi connectivity index (χ0v) is 9.62. The molecular formula is C12H20N2O. The van der Waals surface area contributed by atoms with Crippen LogP contribution in [-0.4, -0.2) is 37.6 Å². The van der Waals surface area contributed by atoms with Crippen molar-refractivity contribution < 1.29 is 4.42 Å². The third-order valence-electron chi connectivity index (χ3n) is 2.99. The Morgan fingerprint density at radius 3 is 3.07 bits per heavy atom. The van der Waals surface area contributed by atoms with E-state index in [9.17, 15) is 0 Å². The number of hydrogen-bond acceptors (Lipinski definition) is 3. The van der Waals surface area contributed by atoms with E-state index in [0.29, 0.717) is 6.04 Å². The number of rotatable bonds is 3. The maximum atomic E-state index is 5.56. The zero-order valence-electron chi connectivity index (χ0n) is 9.62. The topological polar surface area (TPSA) is 28.4 Å². The van der Waals surface area contributed by atoms with E-state index in [-0.39, 0.29) is 0 Å². The van der Waals surface area contributed by atoms with Gasteiger partial charge in [-0.3, -0.25) is 0 Å². The fourth-order valence-electron chi connectivity index (χ4n) is 2.12. The molecule has 0 aromatic carbocycles. The molecule has 1 unspecified atom stereocenters. The molecular weight excluding hydrogens is 188 g/mol. The fourth-order valence-corrected chi connectivity index (χ4v) is 2.12. The summed E-state index contributed by atoms with van der Waals surface area (Å²) in [5.41, 5.74) is 0. The second-order valence-electron chi connectivity index (χ2n) is 4.46. The molecule has 1 N–H and O–H groups in total. The number of likely N-dealkylation sites (N-methyl/N-ethyl adjacent to an activating group) is 1. The van der Waals surface area contributed by atoms with E-state index in [1.165, 1.54) is 0 Å². The van der Waals surface area contributed by atoms with Gasteiger partial charge in [0.05, 0.1) is 0 Å². The lowest BCUT2D eigenvalue weighted by molar-refractivity contribution is 0.230. The second kappa shape index (κ2) is 4.81. The molecule has 1 saturated heterocycles. The van der Waals surface area contributed by atoms with Crippen LogP contribution in [0.25, 0.3) is 0 Å². The van der Waals surface area contributed by atoms with E-state index in [4.69, 9.17) is 4.42 Å². The minimum absolute atomic E-state index is 0.620. The van der Waals surface area contributed by atoms with E-state index in [1.807, 2.05) is 13.0 Å². The molecule has 2 heterocycles. The summed E-state index contributed by atoms with van der Waals surface area (Å²) in [6.45, 7) is 5.42. The van der Waals surface area contributed by atoms with Crippen molar-refractivity contribution >= 4 is 0 Å². The van der Waals surface area contributed by atoms with Crippen molar-refractivity contribution in [2.24, 2.45) is 0 Å². The van der Waals surface area contributed by atoms with Crippen LogP contribution in [0.2, 0.25) is 0 Å². The van der Waals surface area contributed by atoms with Crippen LogP contribution in [0.3, 0.4) is 0 Å². The number of hydrogen-bond donors (Lipinski definition) is 1. The third-order valence-corrected chi connectivity index (χ3v) is 2.99. The molecule has 1 fully saturated rings. The summed E-state index contributed by atoms with van der Waals surface area (Å²) >= 11 is 0. The molecule has 1 aromatic heterocycles. The maximum Gasteiger partial charge on any atom is 0.104 e. The smallest absolute Gasteiger partial charge is 0.104 e. The average molecular weight is 208 g/mol.